The molecule has 3 aromatic rings. The van der Waals surface area contributed by atoms with E-state index in [1.807, 2.05) is 24.3 Å². The Hall–Kier alpha value is -2.03. The van der Waals surface area contributed by atoms with E-state index in [4.69, 9.17) is 0 Å². The van der Waals surface area contributed by atoms with E-state index in [0.717, 1.165) is 21.0 Å². The highest BCUT2D eigenvalue weighted by atomic mass is 16.5. The van der Waals surface area contributed by atoms with Crippen molar-refractivity contribution in [3.8, 4) is 0 Å². The summed E-state index contributed by atoms with van der Waals surface area (Å²) in [6.45, 7) is 0. The summed E-state index contributed by atoms with van der Waals surface area (Å²) in [5.41, 5.74) is 1.56. The van der Waals surface area contributed by atoms with Crippen LogP contribution in [0.15, 0.2) is 42.7 Å². The normalized spacial score (nSPS) is 11.1. The van der Waals surface area contributed by atoms with Crippen molar-refractivity contribution in [3.63, 3.8) is 0 Å². The van der Waals surface area contributed by atoms with Gasteiger partial charge in [0.25, 0.3) is 0 Å². The van der Waals surface area contributed by atoms with Gasteiger partial charge in [-0.2, -0.15) is 0 Å². The van der Waals surface area contributed by atoms with Crippen molar-refractivity contribution in [3.05, 3.63) is 47.9 Å². The smallest absolute Gasteiger partial charge is 0.0723 e. The molecule has 0 radical (unpaired) electrons. The summed E-state index contributed by atoms with van der Waals surface area (Å²) in [5.74, 6) is 0. The van der Waals surface area contributed by atoms with E-state index in [-0.39, 0.29) is 0 Å². The Morgan fingerprint density at radius 3 is 2.93 bits per heavy atom. The van der Waals surface area contributed by atoms with Crippen LogP contribution in [0.1, 0.15) is 0 Å². The summed E-state index contributed by atoms with van der Waals surface area (Å²) in [4.78, 5) is 4.27. The van der Waals surface area contributed by atoms with Gasteiger partial charge in [-0.25, -0.2) is 0 Å². The fraction of sp³-hybridized carbons (Fsp3) is 0. The predicted octanol–water partition coefficient (Wildman–Crippen LogP) is 2.54. The Kier molecular flexibility index (Phi) is 1.31. The quantitative estimate of drug-likeness (QED) is 0.537. The van der Waals surface area contributed by atoms with Crippen LogP contribution in [-0.4, -0.2) is 9.71 Å². The lowest BCUT2D eigenvalue weighted by molar-refractivity contribution is 1.16. The Morgan fingerprint density at radius 1 is 1.14 bits per heavy atom. The molecule has 2 heterocycles. The second-order valence-corrected chi connectivity index (χ2v) is 3.22. The first kappa shape index (κ1) is 7.38. The van der Waals surface area contributed by atoms with E-state index in [1.165, 1.54) is 6.20 Å². The molecule has 0 aliphatic rings. The number of para-hydroxylation sites is 1. The van der Waals surface area contributed by atoms with Gasteiger partial charge in [0, 0.05) is 17.0 Å². The zero-order valence-electron chi connectivity index (χ0n) is 7.34. The molecule has 0 saturated heterocycles. The second kappa shape index (κ2) is 2.48. The third kappa shape index (κ3) is 0.836. The van der Waals surface area contributed by atoms with Crippen LogP contribution in [0.2, 0.25) is 0 Å². The molecule has 14 heavy (non-hydrogen) atoms. The topological polar surface area (TPSA) is 40.9 Å². The number of hydrogen-bond donors (Lipinski definition) is 0. The van der Waals surface area contributed by atoms with Gasteiger partial charge in [-0.3, -0.25) is 4.98 Å². The number of nitrogens with zero attached hydrogens (tertiary/aromatic N) is 2. The molecule has 0 amide bonds. The molecule has 68 valence electrons. The predicted molar refractivity (Wildman–Crippen MR) is 56.0 cm³/mol. The van der Waals surface area contributed by atoms with Gasteiger partial charge in [0.1, 0.15) is 0 Å². The van der Waals surface area contributed by atoms with Crippen LogP contribution < -0.4 is 0 Å². The second-order valence-electron chi connectivity index (χ2n) is 3.22. The van der Waals surface area contributed by atoms with Crippen LogP contribution in [0, 0.1) is 5.21 Å². The molecule has 0 spiro atoms. The highest BCUT2D eigenvalue weighted by Crippen LogP contribution is 2.23. The molecular formula is C11H7N2O-. The average molecular weight is 183 g/mol. The molecular weight excluding hydrogens is 176 g/mol. The third-order valence-corrected chi connectivity index (χ3v) is 2.39. The maximum absolute atomic E-state index is 11.5. The van der Waals surface area contributed by atoms with E-state index in [9.17, 15) is 5.21 Å². The maximum atomic E-state index is 11.5. The van der Waals surface area contributed by atoms with Crippen molar-refractivity contribution in [2.45, 2.75) is 0 Å². The fourth-order valence-electron chi connectivity index (χ4n) is 1.73. The van der Waals surface area contributed by atoms with Gasteiger partial charge < -0.3 is 9.94 Å². The number of pyridine rings is 1. The van der Waals surface area contributed by atoms with Crippen molar-refractivity contribution in [1.82, 2.24) is 9.71 Å². The van der Waals surface area contributed by atoms with Gasteiger partial charge in [0.15, 0.2) is 0 Å². The van der Waals surface area contributed by atoms with E-state index in [2.05, 4.69) is 4.98 Å². The number of fused-ring (bicyclic) bond motifs is 3. The molecule has 0 atom stereocenters. The standard InChI is InChI=1S/C11H7N2O/c14-13-6-5-8-7-12-10-4-2-1-3-9(10)11(8)13/h1-7H/q-1. The molecule has 1 aromatic carbocycles. The molecule has 0 aliphatic heterocycles. The zero-order valence-corrected chi connectivity index (χ0v) is 7.34. The van der Waals surface area contributed by atoms with Crippen molar-refractivity contribution in [2.75, 3.05) is 0 Å². The summed E-state index contributed by atoms with van der Waals surface area (Å²) in [6, 6.07) is 9.43. The molecule has 3 rings (SSSR count). The molecule has 0 aliphatic carbocycles. The van der Waals surface area contributed by atoms with Gasteiger partial charge in [0.2, 0.25) is 0 Å². The first-order chi connectivity index (χ1) is 6.86. The number of rotatable bonds is 0. The van der Waals surface area contributed by atoms with E-state index in [1.54, 1.807) is 12.3 Å². The summed E-state index contributed by atoms with van der Waals surface area (Å²) in [5, 5.41) is 13.3. The van der Waals surface area contributed by atoms with Crippen molar-refractivity contribution in [2.24, 2.45) is 0 Å². The molecule has 0 fully saturated rings. The molecule has 3 nitrogen and oxygen atoms in total. The van der Waals surface area contributed by atoms with Gasteiger partial charge in [-0.1, -0.05) is 18.2 Å². The summed E-state index contributed by atoms with van der Waals surface area (Å²) < 4.78 is 0.888. The Bertz CT molecular complexity index is 613. The minimum Gasteiger partial charge on any atom is -0.806 e. The van der Waals surface area contributed by atoms with Crippen LogP contribution in [-0.2, 0) is 0 Å². The average Bonchev–Trinajstić information content (AvgIpc) is 2.61. The minimum absolute atomic E-state index is 0.704. The zero-order chi connectivity index (χ0) is 9.54. The van der Waals surface area contributed by atoms with E-state index in [0.29, 0.717) is 5.52 Å². The van der Waals surface area contributed by atoms with E-state index >= 15 is 0 Å². The molecule has 2 aromatic heterocycles. The monoisotopic (exact) mass is 183 g/mol. The lowest BCUT2D eigenvalue weighted by Gasteiger charge is -2.09. The van der Waals surface area contributed by atoms with Crippen LogP contribution in [0.25, 0.3) is 21.8 Å². The Morgan fingerprint density at radius 2 is 2.00 bits per heavy atom. The van der Waals surface area contributed by atoms with Crippen molar-refractivity contribution < 1.29 is 0 Å². The van der Waals surface area contributed by atoms with Crippen LogP contribution in [0.4, 0.5) is 0 Å². The summed E-state index contributed by atoms with van der Waals surface area (Å²) in [6.07, 6.45) is 3.24. The highest BCUT2D eigenvalue weighted by Gasteiger charge is 2.01. The molecule has 3 heteroatoms. The van der Waals surface area contributed by atoms with Crippen LogP contribution in [0.3, 0.4) is 0 Å². The van der Waals surface area contributed by atoms with E-state index < -0.39 is 0 Å². The number of aromatic nitrogens is 2. The first-order valence-corrected chi connectivity index (χ1v) is 4.38. The molecule has 0 unspecified atom stereocenters. The van der Waals surface area contributed by atoms with Gasteiger partial charge in [0.05, 0.1) is 11.0 Å². The fourth-order valence-corrected chi connectivity index (χ4v) is 1.73. The maximum Gasteiger partial charge on any atom is 0.0723 e. The number of benzene rings is 1. The lowest BCUT2D eigenvalue weighted by atomic mass is 10.2. The van der Waals surface area contributed by atoms with Gasteiger partial charge >= 0.3 is 0 Å². The largest absolute Gasteiger partial charge is 0.806 e. The Balaban J connectivity index is 2.65. The molecule has 0 saturated carbocycles. The summed E-state index contributed by atoms with van der Waals surface area (Å²) >= 11 is 0. The molecule has 0 N–H and O–H groups in total. The first-order valence-electron chi connectivity index (χ1n) is 4.38. The third-order valence-electron chi connectivity index (χ3n) is 2.39. The number of hydrogen-bond acceptors (Lipinski definition) is 2. The Labute approximate surface area is 80.2 Å². The van der Waals surface area contributed by atoms with Crippen LogP contribution >= 0.6 is 0 Å². The van der Waals surface area contributed by atoms with Crippen LogP contribution in [0.5, 0.6) is 0 Å². The minimum atomic E-state index is 0.704. The highest BCUT2D eigenvalue weighted by molar-refractivity contribution is 6.03. The summed E-state index contributed by atoms with van der Waals surface area (Å²) in [7, 11) is 0. The van der Waals surface area contributed by atoms with Crippen molar-refractivity contribution in [1.29, 1.82) is 0 Å². The SMILES string of the molecule is [O-]n1ccc2cnc3ccccc3c21. The lowest BCUT2D eigenvalue weighted by Crippen LogP contribution is -1.85. The van der Waals surface area contributed by atoms with Gasteiger partial charge in [-0.05, 0) is 18.3 Å². The van der Waals surface area contributed by atoms with Gasteiger partial charge in [-0.15, -0.1) is 0 Å². The van der Waals surface area contributed by atoms with Crippen molar-refractivity contribution >= 4 is 21.8 Å². The molecule has 0 bridgehead atoms.